The Morgan fingerprint density at radius 2 is 1.87 bits per heavy atom. The number of para-hydroxylation sites is 1. The highest BCUT2D eigenvalue weighted by Crippen LogP contribution is 2.38. The van der Waals surface area contributed by atoms with Crippen molar-refractivity contribution >= 4 is 58.0 Å². The molecule has 4 aromatic rings. The van der Waals surface area contributed by atoms with Crippen LogP contribution in [0.15, 0.2) is 48.7 Å². The minimum atomic E-state index is -0.693. The summed E-state index contributed by atoms with van der Waals surface area (Å²) in [5.41, 5.74) is 7.41. The lowest BCUT2D eigenvalue weighted by molar-refractivity contribution is -0.122. The van der Waals surface area contributed by atoms with Gasteiger partial charge in [0.05, 0.1) is 28.5 Å². The molecular weight excluding hydrogens is 599 g/mol. The fraction of sp³-hybridized carbons (Fsp3) is 0.355. The number of nitrogens with two attached hydrogens (primary N) is 1. The van der Waals surface area contributed by atoms with Gasteiger partial charge >= 0.3 is 6.03 Å². The lowest BCUT2D eigenvalue weighted by Gasteiger charge is -2.33. The fourth-order valence-electron chi connectivity index (χ4n) is 6.07. The third kappa shape index (κ3) is 6.61. The number of hydrogen-bond donors (Lipinski definition) is 4. The van der Waals surface area contributed by atoms with Crippen LogP contribution in [-0.4, -0.2) is 55.5 Å². The molecule has 14 heteroatoms. The smallest absolute Gasteiger partial charge is 0.321 e. The van der Waals surface area contributed by atoms with Gasteiger partial charge in [0.1, 0.15) is 11.3 Å². The Balaban J connectivity index is 1.27. The fourth-order valence-corrected chi connectivity index (χ4v) is 6.32. The van der Waals surface area contributed by atoms with E-state index >= 15 is 4.39 Å². The molecule has 232 valence electrons. The van der Waals surface area contributed by atoms with Gasteiger partial charge in [0.15, 0.2) is 5.65 Å². The van der Waals surface area contributed by atoms with E-state index in [0.717, 1.165) is 24.6 Å². The van der Waals surface area contributed by atoms with Gasteiger partial charge in [-0.2, -0.15) is 10.2 Å². The van der Waals surface area contributed by atoms with Crippen molar-refractivity contribution in [3.8, 4) is 6.07 Å². The number of piperidine rings is 1. The lowest BCUT2D eigenvalue weighted by atomic mass is 9.85. The van der Waals surface area contributed by atoms with Gasteiger partial charge in [0.25, 0.3) is 0 Å². The molecule has 1 aliphatic carbocycles. The maximum Gasteiger partial charge on any atom is 0.321 e. The number of anilines is 4. The number of likely N-dealkylation sites (tertiary alicyclic amines) is 1. The molecule has 0 spiro atoms. The zero-order valence-corrected chi connectivity index (χ0v) is 25.1. The van der Waals surface area contributed by atoms with Gasteiger partial charge in [-0.25, -0.2) is 19.2 Å². The van der Waals surface area contributed by atoms with E-state index in [4.69, 9.17) is 22.3 Å². The number of nitrogens with zero attached hydrogens (tertiary/aromatic N) is 6. The SMILES string of the molecule is N#Cc1cc(F)c(Nc2nc3cnc(N[C@@H]4CCCN(C(=O)Nc5ccccc5)C4)nc3n2C2CCC(C(N)=O)CC2)c(Cl)c1. The molecule has 3 heterocycles. The number of nitriles is 1. The number of fused-ring (bicyclic) bond motifs is 1. The number of imidazole rings is 1. The van der Waals surface area contributed by atoms with Gasteiger partial charge in [-0.1, -0.05) is 29.8 Å². The normalized spacial score (nSPS) is 19.9. The molecule has 0 bridgehead atoms. The number of nitrogens with one attached hydrogen (secondary N) is 3. The Labute approximate surface area is 263 Å². The van der Waals surface area contributed by atoms with Gasteiger partial charge in [-0.3, -0.25) is 9.36 Å². The molecular formula is C31H32ClFN10O2. The van der Waals surface area contributed by atoms with Gasteiger partial charge in [0, 0.05) is 36.8 Å². The van der Waals surface area contributed by atoms with Crippen LogP contribution in [0, 0.1) is 23.1 Å². The van der Waals surface area contributed by atoms with Gasteiger partial charge in [0.2, 0.25) is 17.8 Å². The van der Waals surface area contributed by atoms with Crippen LogP contribution >= 0.6 is 11.6 Å². The summed E-state index contributed by atoms with van der Waals surface area (Å²) in [7, 11) is 0. The zero-order valence-electron chi connectivity index (χ0n) is 24.3. The van der Waals surface area contributed by atoms with E-state index in [-0.39, 0.29) is 46.2 Å². The zero-order chi connectivity index (χ0) is 31.5. The van der Waals surface area contributed by atoms with Gasteiger partial charge in [-0.15, -0.1) is 0 Å². The lowest BCUT2D eigenvalue weighted by Crippen LogP contribution is -2.47. The Bertz CT molecular complexity index is 1740. The van der Waals surface area contributed by atoms with Gasteiger partial charge in [-0.05, 0) is 62.8 Å². The van der Waals surface area contributed by atoms with E-state index < -0.39 is 5.82 Å². The Hall–Kier alpha value is -4.96. The van der Waals surface area contributed by atoms with Crippen LogP contribution < -0.4 is 21.7 Å². The molecule has 0 radical (unpaired) electrons. The molecule has 1 saturated carbocycles. The van der Waals surface area contributed by atoms with Crippen LogP contribution in [0.5, 0.6) is 0 Å². The van der Waals surface area contributed by atoms with E-state index in [0.29, 0.717) is 61.8 Å². The maximum atomic E-state index is 15.0. The number of carbonyl (C=O) groups is 2. The van der Waals surface area contributed by atoms with Crippen molar-refractivity contribution in [1.29, 1.82) is 5.26 Å². The van der Waals surface area contributed by atoms with E-state index in [1.54, 1.807) is 11.1 Å². The molecule has 6 rings (SSSR count). The Kier molecular flexibility index (Phi) is 8.66. The first-order valence-corrected chi connectivity index (χ1v) is 15.2. The highest BCUT2D eigenvalue weighted by Gasteiger charge is 2.30. The number of rotatable bonds is 7. The number of primary amides is 1. The Morgan fingerprint density at radius 1 is 1.09 bits per heavy atom. The van der Waals surface area contributed by atoms with Gasteiger partial charge < -0.3 is 26.6 Å². The predicted molar refractivity (Wildman–Crippen MR) is 169 cm³/mol. The number of benzene rings is 2. The number of aromatic nitrogens is 4. The summed E-state index contributed by atoms with van der Waals surface area (Å²) in [5.74, 6) is -0.536. The summed E-state index contributed by atoms with van der Waals surface area (Å²) in [6, 6.07) is 13.3. The van der Waals surface area contributed by atoms with Crippen LogP contribution in [0.3, 0.4) is 0 Å². The number of urea groups is 1. The van der Waals surface area contributed by atoms with Crippen LogP contribution in [0.1, 0.15) is 50.1 Å². The van der Waals surface area contributed by atoms with E-state index in [1.807, 2.05) is 41.0 Å². The average molecular weight is 631 g/mol. The largest absolute Gasteiger partial charge is 0.369 e. The number of hydrogen-bond acceptors (Lipinski definition) is 8. The summed E-state index contributed by atoms with van der Waals surface area (Å²) in [4.78, 5) is 40.5. The molecule has 12 nitrogen and oxygen atoms in total. The molecule has 2 aromatic heterocycles. The van der Waals surface area contributed by atoms with Crippen molar-refractivity contribution in [3.05, 3.63) is 65.1 Å². The van der Waals surface area contributed by atoms with Crippen LogP contribution in [0.25, 0.3) is 11.2 Å². The van der Waals surface area contributed by atoms with Crippen LogP contribution in [0.4, 0.5) is 32.5 Å². The van der Waals surface area contributed by atoms with E-state index in [9.17, 15) is 14.9 Å². The van der Waals surface area contributed by atoms with Crippen molar-refractivity contribution < 1.29 is 14.0 Å². The summed E-state index contributed by atoms with van der Waals surface area (Å²) in [6.07, 6.45) is 5.72. The van der Waals surface area contributed by atoms with E-state index in [2.05, 4.69) is 25.9 Å². The highest BCUT2D eigenvalue weighted by atomic mass is 35.5. The molecule has 2 aromatic carbocycles. The summed E-state index contributed by atoms with van der Waals surface area (Å²) in [6.45, 7) is 1.11. The van der Waals surface area contributed by atoms with Crippen molar-refractivity contribution in [2.24, 2.45) is 11.7 Å². The standard InChI is InChI=1S/C31H32ClFN10O2/c32-23-13-18(15-34)14-24(33)26(23)40-30-39-25-16-36-29(41-28(25)43(30)22-10-8-19(9-11-22)27(35)44)37-21-7-4-12-42(17-21)31(45)38-20-5-2-1-3-6-20/h1-3,5-6,13-14,16,19,21-22H,4,7-12,17H2,(H2,35,44)(H,38,45)(H,39,40)(H,36,37,41)/t19?,21-,22?/m1/s1. The molecule has 45 heavy (non-hydrogen) atoms. The Morgan fingerprint density at radius 3 is 2.58 bits per heavy atom. The molecule has 1 atom stereocenters. The number of amides is 3. The molecule has 5 N–H and O–H groups in total. The first-order valence-electron chi connectivity index (χ1n) is 14.9. The highest BCUT2D eigenvalue weighted by molar-refractivity contribution is 6.33. The monoisotopic (exact) mass is 630 g/mol. The molecule has 1 aliphatic heterocycles. The second-order valence-corrected chi connectivity index (χ2v) is 11.8. The predicted octanol–water partition coefficient (Wildman–Crippen LogP) is 5.56. The average Bonchev–Trinajstić information content (AvgIpc) is 3.40. The van der Waals surface area contributed by atoms with Crippen LogP contribution in [0.2, 0.25) is 5.02 Å². The van der Waals surface area contributed by atoms with Crippen molar-refractivity contribution in [2.75, 3.05) is 29.0 Å². The third-order valence-electron chi connectivity index (χ3n) is 8.37. The molecule has 2 aliphatic rings. The maximum absolute atomic E-state index is 15.0. The summed E-state index contributed by atoms with van der Waals surface area (Å²) >= 11 is 6.35. The topological polar surface area (TPSA) is 167 Å². The minimum Gasteiger partial charge on any atom is -0.369 e. The van der Waals surface area contributed by atoms with Crippen molar-refractivity contribution in [3.63, 3.8) is 0 Å². The minimum absolute atomic E-state index is 0.0135. The van der Waals surface area contributed by atoms with E-state index in [1.165, 1.54) is 6.07 Å². The van der Waals surface area contributed by atoms with Crippen molar-refractivity contribution in [2.45, 2.75) is 50.6 Å². The molecule has 2 fully saturated rings. The second kappa shape index (κ2) is 13.0. The summed E-state index contributed by atoms with van der Waals surface area (Å²) in [5, 5.41) is 18.6. The first-order chi connectivity index (χ1) is 21.8. The number of carbonyl (C=O) groups excluding carboxylic acids is 2. The first kappa shape index (κ1) is 30.1. The molecule has 1 saturated heterocycles. The second-order valence-electron chi connectivity index (χ2n) is 11.4. The molecule has 0 unspecified atom stereocenters. The molecule has 3 amide bonds. The quantitative estimate of drug-likeness (QED) is 0.206. The third-order valence-corrected chi connectivity index (χ3v) is 8.67. The summed E-state index contributed by atoms with van der Waals surface area (Å²) < 4.78 is 16.9. The number of halogens is 2. The van der Waals surface area contributed by atoms with Crippen LogP contribution in [-0.2, 0) is 4.79 Å². The van der Waals surface area contributed by atoms with Crippen molar-refractivity contribution in [1.82, 2.24) is 24.4 Å².